The molecule has 0 saturated carbocycles. The predicted molar refractivity (Wildman–Crippen MR) is 115 cm³/mol. The van der Waals surface area contributed by atoms with Crippen LogP contribution >= 0.6 is 23.4 Å². The quantitative estimate of drug-likeness (QED) is 0.505. The molecule has 6 heteroatoms. The highest BCUT2D eigenvalue weighted by molar-refractivity contribution is 8.14. The maximum atomic E-state index is 13.1. The zero-order chi connectivity index (χ0) is 19.4. The summed E-state index contributed by atoms with van der Waals surface area (Å²) in [4.78, 5) is 19.2. The minimum atomic E-state index is -0.190. The van der Waals surface area contributed by atoms with Crippen molar-refractivity contribution < 1.29 is 9.53 Å². The molecule has 0 fully saturated rings. The average molecular weight is 399 g/mol. The summed E-state index contributed by atoms with van der Waals surface area (Å²) in [5, 5.41) is 1.03. The molecule has 0 aromatic heterocycles. The van der Waals surface area contributed by atoms with Crippen LogP contribution in [0, 0.1) is 6.92 Å². The van der Waals surface area contributed by atoms with Crippen molar-refractivity contribution in [1.82, 2.24) is 0 Å². The second kappa shape index (κ2) is 8.46. The molecule has 2 aromatic carbocycles. The molecule has 1 aliphatic heterocycles. The van der Waals surface area contributed by atoms with E-state index < -0.39 is 0 Å². The standard InChI is InChI=1S/C21H19ClN2O2S/c1-4-10-27-21-23-18(12-15-7-5-6-14(2)11-15)20(25)24(21)16-8-9-19(26-3)17(22)13-16/h4-9,11-13H,1,10H2,2-3H3/b18-12-. The molecule has 0 atom stereocenters. The second-order valence-electron chi connectivity index (χ2n) is 5.90. The van der Waals surface area contributed by atoms with Gasteiger partial charge in [-0.05, 0) is 36.8 Å². The van der Waals surface area contributed by atoms with E-state index in [0.29, 0.717) is 33.1 Å². The van der Waals surface area contributed by atoms with Gasteiger partial charge in [0.15, 0.2) is 5.17 Å². The Morgan fingerprint density at radius 3 is 2.78 bits per heavy atom. The molecule has 3 rings (SSSR count). The third-order valence-corrected chi connectivity index (χ3v) is 5.13. The molecule has 0 radical (unpaired) electrons. The molecular formula is C21H19ClN2O2S. The Kier molecular flexibility index (Phi) is 6.04. The van der Waals surface area contributed by atoms with E-state index in [1.807, 2.05) is 31.2 Å². The van der Waals surface area contributed by atoms with Crippen LogP contribution in [0.5, 0.6) is 5.75 Å². The molecule has 0 aliphatic carbocycles. The van der Waals surface area contributed by atoms with Crippen molar-refractivity contribution in [3.05, 3.63) is 77.0 Å². The van der Waals surface area contributed by atoms with Crippen LogP contribution in [0.4, 0.5) is 5.69 Å². The molecule has 1 heterocycles. The molecule has 1 amide bonds. The maximum absolute atomic E-state index is 13.1. The van der Waals surface area contributed by atoms with Gasteiger partial charge in [0.05, 0.1) is 17.8 Å². The Morgan fingerprint density at radius 2 is 2.11 bits per heavy atom. The molecule has 0 N–H and O–H groups in total. The summed E-state index contributed by atoms with van der Waals surface area (Å²) >= 11 is 7.70. The van der Waals surface area contributed by atoms with Crippen molar-refractivity contribution in [2.75, 3.05) is 17.8 Å². The van der Waals surface area contributed by atoms with Crippen molar-refractivity contribution in [3.8, 4) is 5.75 Å². The average Bonchev–Trinajstić information content (AvgIpc) is 2.95. The van der Waals surface area contributed by atoms with Crippen LogP contribution in [0.15, 0.2) is 65.8 Å². The summed E-state index contributed by atoms with van der Waals surface area (Å²) in [6.45, 7) is 5.75. The Balaban J connectivity index is 2.00. The van der Waals surface area contributed by atoms with E-state index >= 15 is 0 Å². The lowest BCUT2D eigenvalue weighted by Gasteiger charge is -2.18. The van der Waals surface area contributed by atoms with E-state index in [2.05, 4.69) is 11.6 Å². The molecule has 0 unspecified atom stereocenters. The fourth-order valence-electron chi connectivity index (χ4n) is 2.67. The van der Waals surface area contributed by atoms with Gasteiger partial charge < -0.3 is 4.74 Å². The highest BCUT2D eigenvalue weighted by atomic mass is 35.5. The molecular weight excluding hydrogens is 380 g/mol. The van der Waals surface area contributed by atoms with Gasteiger partial charge in [-0.25, -0.2) is 4.99 Å². The summed E-state index contributed by atoms with van der Waals surface area (Å²) in [7, 11) is 1.55. The number of amides is 1. The first-order valence-electron chi connectivity index (χ1n) is 8.32. The first-order valence-corrected chi connectivity index (χ1v) is 9.68. The van der Waals surface area contributed by atoms with Gasteiger partial charge >= 0.3 is 0 Å². The summed E-state index contributed by atoms with van der Waals surface area (Å²) in [5.41, 5.74) is 3.09. The number of halogens is 1. The SMILES string of the molecule is C=CCSC1=N/C(=C\c2cccc(C)c2)C(=O)N1c1ccc(OC)c(Cl)c1. The van der Waals surface area contributed by atoms with Gasteiger partial charge in [-0.15, -0.1) is 6.58 Å². The third-order valence-electron chi connectivity index (χ3n) is 3.90. The van der Waals surface area contributed by atoms with Crippen LogP contribution in [-0.4, -0.2) is 23.9 Å². The Hall–Kier alpha value is -2.50. The smallest absolute Gasteiger partial charge is 0.283 e. The van der Waals surface area contributed by atoms with E-state index in [4.69, 9.17) is 16.3 Å². The Bertz CT molecular complexity index is 953. The van der Waals surface area contributed by atoms with Crippen molar-refractivity contribution in [2.24, 2.45) is 4.99 Å². The van der Waals surface area contributed by atoms with E-state index in [0.717, 1.165) is 11.1 Å². The predicted octanol–water partition coefficient (Wildman–Crippen LogP) is 5.32. The minimum Gasteiger partial charge on any atom is -0.495 e. The summed E-state index contributed by atoms with van der Waals surface area (Å²) in [5.74, 6) is 1.01. The topological polar surface area (TPSA) is 41.9 Å². The van der Waals surface area contributed by atoms with Crippen molar-refractivity contribution in [2.45, 2.75) is 6.92 Å². The first-order chi connectivity index (χ1) is 13.0. The largest absolute Gasteiger partial charge is 0.495 e. The third kappa shape index (κ3) is 4.26. The number of benzene rings is 2. The number of amidine groups is 1. The number of hydrogen-bond donors (Lipinski definition) is 0. The minimum absolute atomic E-state index is 0.190. The van der Waals surface area contributed by atoms with E-state index in [9.17, 15) is 4.79 Å². The van der Waals surface area contributed by atoms with E-state index in [-0.39, 0.29) is 5.91 Å². The number of rotatable bonds is 5. The second-order valence-corrected chi connectivity index (χ2v) is 7.29. The number of carbonyl (C=O) groups excluding carboxylic acids is 1. The van der Waals surface area contributed by atoms with Crippen LogP contribution < -0.4 is 9.64 Å². The lowest BCUT2D eigenvalue weighted by atomic mass is 10.1. The van der Waals surface area contributed by atoms with Crippen molar-refractivity contribution in [3.63, 3.8) is 0 Å². The molecule has 0 spiro atoms. The van der Waals surface area contributed by atoms with Crippen LogP contribution in [-0.2, 0) is 4.79 Å². The lowest BCUT2D eigenvalue weighted by Crippen LogP contribution is -2.30. The van der Waals surface area contributed by atoms with Gasteiger partial charge in [-0.2, -0.15) is 0 Å². The number of carbonyl (C=O) groups is 1. The molecule has 27 heavy (non-hydrogen) atoms. The van der Waals surface area contributed by atoms with Gasteiger partial charge in [0.1, 0.15) is 11.4 Å². The zero-order valence-electron chi connectivity index (χ0n) is 15.1. The maximum Gasteiger partial charge on any atom is 0.283 e. The van der Waals surface area contributed by atoms with E-state index in [1.165, 1.54) is 11.8 Å². The fraction of sp³-hybridized carbons (Fsp3) is 0.143. The number of aliphatic imine (C=N–C) groups is 1. The highest BCUT2D eigenvalue weighted by Gasteiger charge is 2.32. The van der Waals surface area contributed by atoms with Gasteiger partial charge in [0.2, 0.25) is 0 Å². The van der Waals surface area contributed by atoms with Crippen molar-refractivity contribution in [1.29, 1.82) is 0 Å². The normalized spacial score (nSPS) is 15.2. The summed E-state index contributed by atoms with van der Waals surface area (Å²) in [6, 6.07) is 13.2. The zero-order valence-corrected chi connectivity index (χ0v) is 16.7. The first kappa shape index (κ1) is 19.3. The number of aryl methyl sites for hydroxylation is 1. The molecule has 1 aliphatic rings. The number of hydrogen-bond acceptors (Lipinski definition) is 4. The number of ether oxygens (including phenoxy) is 1. The van der Waals surface area contributed by atoms with E-state index in [1.54, 1.807) is 42.4 Å². The summed E-state index contributed by atoms with van der Waals surface area (Å²) < 4.78 is 5.20. The number of nitrogens with zero attached hydrogens (tertiary/aromatic N) is 2. The monoisotopic (exact) mass is 398 g/mol. The number of methoxy groups -OCH3 is 1. The lowest BCUT2D eigenvalue weighted by molar-refractivity contribution is -0.113. The molecule has 0 bridgehead atoms. The van der Waals surface area contributed by atoms with Crippen LogP contribution in [0.25, 0.3) is 6.08 Å². The summed E-state index contributed by atoms with van der Waals surface area (Å²) in [6.07, 6.45) is 3.58. The van der Waals surface area contributed by atoms with Crippen LogP contribution in [0.1, 0.15) is 11.1 Å². The molecule has 2 aromatic rings. The van der Waals surface area contributed by atoms with Gasteiger partial charge in [0.25, 0.3) is 5.91 Å². The highest BCUT2D eigenvalue weighted by Crippen LogP contribution is 2.34. The van der Waals surface area contributed by atoms with Gasteiger partial charge in [-0.3, -0.25) is 9.69 Å². The number of thioether (sulfide) groups is 1. The molecule has 4 nitrogen and oxygen atoms in total. The Morgan fingerprint density at radius 1 is 1.30 bits per heavy atom. The van der Waals surface area contributed by atoms with Crippen LogP contribution in [0.2, 0.25) is 5.02 Å². The molecule has 0 saturated heterocycles. The fourth-order valence-corrected chi connectivity index (χ4v) is 3.67. The number of anilines is 1. The Labute approximate surface area is 168 Å². The van der Waals surface area contributed by atoms with Gasteiger partial charge in [-0.1, -0.05) is 59.3 Å². The van der Waals surface area contributed by atoms with Crippen LogP contribution in [0.3, 0.4) is 0 Å². The molecule has 138 valence electrons. The van der Waals surface area contributed by atoms with Crippen molar-refractivity contribution >= 4 is 46.2 Å². The van der Waals surface area contributed by atoms with Gasteiger partial charge in [0, 0.05) is 5.75 Å².